The SMILES string of the molecule is [Br-].[Mg+2].[c-]1ccccc1SCc1ccccc1. The van der Waals surface area contributed by atoms with Crippen LogP contribution in [0.2, 0.25) is 0 Å². The number of halogens is 1. The second-order valence-corrected chi connectivity index (χ2v) is 4.02. The van der Waals surface area contributed by atoms with Gasteiger partial charge in [0.05, 0.1) is 0 Å². The molecule has 0 saturated carbocycles. The average molecular weight is 304 g/mol. The summed E-state index contributed by atoms with van der Waals surface area (Å²) in [5.41, 5.74) is 1.36. The van der Waals surface area contributed by atoms with E-state index in [1.54, 1.807) is 0 Å². The third kappa shape index (κ3) is 5.39. The molecule has 0 aromatic heterocycles. The molecule has 0 heterocycles. The number of hydrogen-bond donors (Lipinski definition) is 0. The van der Waals surface area contributed by atoms with E-state index < -0.39 is 0 Å². The Bertz CT molecular complexity index is 338. The summed E-state index contributed by atoms with van der Waals surface area (Å²) in [6.07, 6.45) is 0. The first-order chi connectivity index (χ1) is 6.95. The second kappa shape index (κ2) is 9.11. The van der Waals surface area contributed by atoms with Gasteiger partial charge >= 0.3 is 23.1 Å². The van der Waals surface area contributed by atoms with Gasteiger partial charge in [-0.15, -0.1) is 16.7 Å². The Kier molecular flexibility index (Phi) is 9.13. The van der Waals surface area contributed by atoms with Crippen molar-refractivity contribution in [3.63, 3.8) is 0 Å². The van der Waals surface area contributed by atoms with Gasteiger partial charge < -0.3 is 17.0 Å². The fourth-order valence-electron chi connectivity index (χ4n) is 1.20. The molecular formula is C13H11BrMgS. The number of rotatable bonds is 3. The molecule has 0 aliphatic heterocycles. The molecule has 0 amide bonds. The van der Waals surface area contributed by atoms with Crippen molar-refractivity contribution < 1.29 is 17.0 Å². The van der Waals surface area contributed by atoms with Crippen LogP contribution < -0.4 is 17.0 Å². The Balaban J connectivity index is 0.00000112. The summed E-state index contributed by atoms with van der Waals surface area (Å²) in [5.74, 6) is 1.02. The maximum atomic E-state index is 3.20. The van der Waals surface area contributed by atoms with E-state index in [4.69, 9.17) is 0 Å². The quantitative estimate of drug-likeness (QED) is 0.449. The molecule has 0 fully saturated rings. The Morgan fingerprint density at radius 2 is 1.62 bits per heavy atom. The second-order valence-electron chi connectivity index (χ2n) is 3.00. The van der Waals surface area contributed by atoms with Crippen LogP contribution in [0.15, 0.2) is 59.5 Å². The van der Waals surface area contributed by atoms with Crippen molar-refractivity contribution in [2.24, 2.45) is 0 Å². The van der Waals surface area contributed by atoms with Crippen LogP contribution in [0.1, 0.15) is 5.56 Å². The van der Waals surface area contributed by atoms with Crippen molar-refractivity contribution in [1.82, 2.24) is 0 Å². The number of benzene rings is 2. The normalized spacial score (nSPS) is 8.75. The van der Waals surface area contributed by atoms with Crippen LogP contribution in [0.4, 0.5) is 0 Å². The third-order valence-electron chi connectivity index (χ3n) is 1.92. The van der Waals surface area contributed by atoms with Crippen LogP contribution in [-0.2, 0) is 5.75 Å². The molecule has 0 aliphatic carbocycles. The van der Waals surface area contributed by atoms with Gasteiger partial charge in [-0.2, -0.15) is 30.3 Å². The van der Waals surface area contributed by atoms with E-state index in [2.05, 4.69) is 36.4 Å². The summed E-state index contributed by atoms with van der Waals surface area (Å²) in [6.45, 7) is 0. The molecule has 2 rings (SSSR count). The third-order valence-corrected chi connectivity index (χ3v) is 2.96. The van der Waals surface area contributed by atoms with Crippen LogP contribution in [-0.4, -0.2) is 23.1 Å². The van der Waals surface area contributed by atoms with Crippen molar-refractivity contribution >= 4 is 34.8 Å². The fraction of sp³-hybridized carbons (Fsp3) is 0.0769. The van der Waals surface area contributed by atoms with Gasteiger partial charge in [-0.1, -0.05) is 30.3 Å². The maximum Gasteiger partial charge on any atom is 2.00 e. The van der Waals surface area contributed by atoms with E-state index in [0.717, 1.165) is 5.75 Å². The summed E-state index contributed by atoms with van der Waals surface area (Å²) in [7, 11) is 0. The largest absolute Gasteiger partial charge is 2.00 e. The summed E-state index contributed by atoms with van der Waals surface area (Å²) in [5, 5.41) is 0. The summed E-state index contributed by atoms with van der Waals surface area (Å²) in [6, 6.07) is 21.8. The number of thioether (sulfide) groups is 1. The molecule has 3 heteroatoms. The van der Waals surface area contributed by atoms with Crippen molar-refractivity contribution in [2.75, 3.05) is 0 Å². The molecule has 0 N–H and O–H groups in total. The minimum atomic E-state index is 0. The summed E-state index contributed by atoms with van der Waals surface area (Å²) < 4.78 is 0. The van der Waals surface area contributed by atoms with Gasteiger partial charge in [-0.25, -0.2) is 0 Å². The average Bonchev–Trinajstić information content (AvgIpc) is 2.29. The van der Waals surface area contributed by atoms with E-state index in [1.807, 2.05) is 36.0 Å². The molecular weight excluding hydrogens is 292 g/mol. The molecule has 0 unspecified atom stereocenters. The van der Waals surface area contributed by atoms with E-state index in [0.29, 0.717) is 0 Å². The predicted octanol–water partition coefficient (Wildman–Crippen LogP) is 0.402. The smallest absolute Gasteiger partial charge is 1.00 e. The van der Waals surface area contributed by atoms with Gasteiger partial charge in [0.15, 0.2) is 0 Å². The van der Waals surface area contributed by atoms with Crippen molar-refractivity contribution in [3.05, 3.63) is 66.2 Å². The number of hydrogen-bond acceptors (Lipinski definition) is 1. The fourth-order valence-corrected chi connectivity index (χ4v) is 2.04. The zero-order valence-electron chi connectivity index (χ0n) is 8.90. The standard InChI is InChI=1S/C13H11S.BrH.Mg/c1-3-7-12(8-4-1)11-14-13-9-5-2-6-10-13;;/h1-9H,11H2;1H;/q-1;;+2/p-1. The first-order valence-electron chi connectivity index (χ1n) is 4.58. The molecule has 78 valence electrons. The Morgan fingerprint density at radius 3 is 2.25 bits per heavy atom. The van der Waals surface area contributed by atoms with Crippen molar-refractivity contribution in [1.29, 1.82) is 0 Å². The monoisotopic (exact) mass is 302 g/mol. The van der Waals surface area contributed by atoms with Crippen LogP contribution in [0.5, 0.6) is 0 Å². The summed E-state index contributed by atoms with van der Waals surface area (Å²) >= 11 is 1.82. The first kappa shape index (κ1) is 16.0. The van der Waals surface area contributed by atoms with Gasteiger partial charge in [-0.05, 0) is 5.56 Å². The maximum absolute atomic E-state index is 3.20. The van der Waals surface area contributed by atoms with Gasteiger partial charge in [0.2, 0.25) is 0 Å². The molecule has 0 spiro atoms. The molecule has 2 aromatic rings. The van der Waals surface area contributed by atoms with Gasteiger partial charge in [0, 0.05) is 5.75 Å². The zero-order chi connectivity index (χ0) is 9.64. The summed E-state index contributed by atoms with van der Waals surface area (Å²) in [4.78, 5) is 1.20. The Morgan fingerprint density at radius 1 is 0.938 bits per heavy atom. The predicted molar refractivity (Wildman–Crippen MR) is 67.0 cm³/mol. The van der Waals surface area contributed by atoms with Crippen LogP contribution in [0.25, 0.3) is 0 Å². The topological polar surface area (TPSA) is 0 Å². The minimum Gasteiger partial charge on any atom is -1.00 e. The minimum absolute atomic E-state index is 0. The Labute approximate surface area is 128 Å². The van der Waals surface area contributed by atoms with Gasteiger partial charge in [-0.3, -0.25) is 0 Å². The molecule has 0 atom stereocenters. The molecule has 0 aliphatic rings. The Hall–Kier alpha value is 0.0362. The first-order valence-corrected chi connectivity index (χ1v) is 5.57. The molecule has 0 bridgehead atoms. The van der Waals surface area contributed by atoms with Crippen molar-refractivity contribution in [3.8, 4) is 0 Å². The van der Waals surface area contributed by atoms with Crippen LogP contribution in [0, 0.1) is 6.07 Å². The van der Waals surface area contributed by atoms with Gasteiger partial charge in [0.1, 0.15) is 0 Å². The van der Waals surface area contributed by atoms with E-state index in [1.165, 1.54) is 10.5 Å². The molecule has 0 saturated heterocycles. The molecule has 0 nitrogen and oxygen atoms in total. The van der Waals surface area contributed by atoms with E-state index in [9.17, 15) is 0 Å². The van der Waals surface area contributed by atoms with Crippen molar-refractivity contribution in [2.45, 2.75) is 10.6 Å². The van der Waals surface area contributed by atoms with Crippen LogP contribution in [0.3, 0.4) is 0 Å². The van der Waals surface area contributed by atoms with E-state index >= 15 is 0 Å². The zero-order valence-corrected chi connectivity index (χ0v) is 12.7. The van der Waals surface area contributed by atoms with Crippen LogP contribution >= 0.6 is 11.8 Å². The molecule has 0 radical (unpaired) electrons. The molecule has 16 heavy (non-hydrogen) atoms. The van der Waals surface area contributed by atoms with E-state index in [-0.39, 0.29) is 40.0 Å². The van der Waals surface area contributed by atoms with Gasteiger partial charge in [0.25, 0.3) is 0 Å². The molecule has 2 aromatic carbocycles.